The molecule has 1 aliphatic rings. The number of hydrogen-bond donors (Lipinski definition) is 2. The third-order valence-electron chi connectivity index (χ3n) is 4.04. The van der Waals surface area contributed by atoms with Crippen molar-refractivity contribution in [1.29, 1.82) is 0 Å². The van der Waals surface area contributed by atoms with Crippen molar-refractivity contribution in [1.82, 2.24) is 0 Å². The highest BCUT2D eigenvalue weighted by Gasteiger charge is 2.18. The molecule has 114 valence electrons. The molecule has 0 aliphatic carbocycles. The Morgan fingerprint density at radius 2 is 2.05 bits per heavy atom. The lowest BCUT2D eigenvalue weighted by Gasteiger charge is -2.19. The lowest BCUT2D eigenvalue weighted by Crippen LogP contribution is -2.26. The molecule has 0 unspecified atom stereocenters. The van der Waals surface area contributed by atoms with Gasteiger partial charge in [0.05, 0.1) is 0 Å². The zero-order valence-electron chi connectivity index (χ0n) is 12.6. The molecular formula is C18H21N3O. The second-order valence-corrected chi connectivity index (χ2v) is 5.57. The summed E-state index contributed by atoms with van der Waals surface area (Å²) in [5.41, 5.74) is 10.1. The molecule has 3 N–H and O–H groups in total. The molecule has 0 fully saturated rings. The second-order valence-electron chi connectivity index (χ2n) is 5.57. The Bertz CT molecular complexity index is 669. The summed E-state index contributed by atoms with van der Waals surface area (Å²) in [5.74, 6) is 0.0403. The van der Waals surface area contributed by atoms with Gasteiger partial charge < -0.3 is 16.0 Å². The highest BCUT2D eigenvalue weighted by molar-refractivity contribution is 5.91. The molecule has 3 rings (SSSR count). The van der Waals surface area contributed by atoms with Crippen LogP contribution in [0.3, 0.4) is 0 Å². The molecular weight excluding hydrogens is 274 g/mol. The maximum atomic E-state index is 12.1. The minimum absolute atomic E-state index is 0.0403. The number of rotatable bonds is 5. The summed E-state index contributed by atoms with van der Waals surface area (Å²) in [6.45, 7) is 2.23. The van der Waals surface area contributed by atoms with Crippen LogP contribution >= 0.6 is 0 Å². The van der Waals surface area contributed by atoms with E-state index in [0.717, 1.165) is 30.8 Å². The summed E-state index contributed by atoms with van der Waals surface area (Å²) in [6.07, 6.45) is 1.55. The molecule has 0 bridgehead atoms. The van der Waals surface area contributed by atoms with Gasteiger partial charge in [-0.25, -0.2) is 0 Å². The van der Waals surface area contributed by atoms with Crippen molar-refractivity contribution in [2.24, 2.45) is 5.73 Å². The Hall–Kier alpha value is -2.33. The number of nitrogens with one attached hydrogen (secondary N) is 1. The van der Waals surface area contributed by atoms with E-state index in [1.807, 2.05) is 24.3 Å². The third kappa shape index (κ3) is 3.28. The van der Waals surface area contributed by atoms with E-state index in [2.05, 4.69) is 34.5 Å². The Labute approximate surface area is 130 Å². The quantitative estimate of drug-likeness (QED) is 0.891. The van der Waals surface area contributed by atoms with Gasteiger partial charge in [-0.1, -0.05) is 30.3 Å². The third-order valence-corrected chi connectivity index (χ3v) is 4.04. The SMILES string of the molecule is NCc1cccc(NC(=O)CCN2CCc3ccccc32)c1. The molecule has 1 heterocycles. The largest absolute Gasteiger partial charge is 0.370 e. The number of anilines is 2. The standard InChI is InChI=1S/C18H21N3O/c19-13-14-4-3-6-16(12-14)20-18(22)9-11-21-10-8-15-5-1-2-7-17(15)21/h1-7,12H,8-11,13,19H2,(H,20,22). The van der Waals surface area contributed by atoms with Gasteiger partial charge in [-0.3, -0.25) is 4.79 Å². The number of benzene rings is 2. The lowest BCUT2D eigenvalue weighted by molar-refractivity contribution is -0.116. The maximum absolute atomic E-state index is 12.1. The van der Waals surface area contributed by atoms with Crippen LogP contribution in [-0.2, 0) is 17.8 Å². The van der Waals surface area contributed by atoms with Crippen molar-refractivity contribution in [2.75, 3.05) is 23.3 Å². The van der Waals surface area contributed by atoms with Crippen molar-refractivity contribution in [2.45, 2.75) is 19.4 Å². The average molecular weight is 295 g/mol. The normalized spacial score (nSPS) is 13.0. The van der Waals surface area contributed by atoms with E-state index in [0.29, 0.717) is 13.0 Å². The first-order valence-electron chi connectivity index (χ1n) is 7.68. The zero-order valence-corrected chi connectivity index (χ0v) is 12.6. The molecule has 0 saturated heterocycles. The number of nitrogens with zero attached hydrogens (tertiary/aromatic N) is 1. The van der Waals surface area contributed by atoms with Gasteiger partial charge in [-0.05, 0) is 35.7 Å². The van der Waals surface area contributed by atoms with E-state index in [1.54, 1.807) is 0 Å². The molecule has 22 heavy (non-hydrogen) atoms. The minimum atomic E-state index is 0.0403. The van der Waals surface area contributed by atoms with Crippen LogP contribution in [0.2, 0.25) is 0 Å². The van der Waals surface area contributed by atoms with Crippen LogP contribution in [0.15, 0.2) is 48.5 Å². The van der Waals surface area contributed by atoms with E-state index >= 15 is 0 Å². The molecule has 0 saturated carbocycles. The van der Waals surface area contributed by atoms with Crippen LogP contribution in [0.4, 0.5) is 11.4 Å². The number of nitrogens with two attached hydrogens (primary N) is 1. The van der Waals surface area contributed by atoms with Crippen LogP contribution in [0.5, 0.6) is 0 Å². The summed E-state index contributed by atoms with van der Waals surface area (Å²) in [6, 6.07) is 16.1. The first-order valence-corrected chi connectivity index (χ1v) is 7.68. The van der Waals surface area contributed by atoms with Crippen molar-refractivity contribution in [3.05, 3.63) is 59.7 Å². The monoisotopic (exact) mass is 295 g/mol. The molecule has 4 nitrogen and oxygen atoms in total. The molecule has 2 aromatic rings. The fraction of sp³-hybridized carbons (Fsp3) is 0.278. The van der Waals surface area contributed by atoms with Gasteiger partial charge in [0.2, 0.25) is 5.91 Å². The van der Waals surface area contributed by atoms with E-state index in [-0.39, 0.29) is 5.91 Å². The molecule has 0 atom stereocenters. The summed E-state index contributed by atoms with van der Waals surface area (Å²) >= 11 is 0. The number of fused-ring (bicyclic) bond motifs is 1. The average Bonchev–Trinajstić information content (AvgIpc) is 2.96. The molecule has 2 aromatic carbocycles. The fourth-order valence-electron chi connectivity index (χ4n) is 2.87. The zero-order chi connectivity index (χ0) is 15.4. The molecule has 4 heteroatoms. The van der Waals surface area contributed by atoms with Crippen molar-refractivity contribution in [3.8, 4) is 0 Å². The van der Waals surface area contributed by atoms with Gasteiger partial charge in [0, 0.05) is 37.4 Å². The maximum Gasteiger partial charge on any atom is 0.226 e. The second kappa shape index (κ2) is 6.62. The summed E-state index contributed by atoms with van der Waals surface area (Å²) in [4.78, 5) is 14.4. The van der Waals surface area contributed by atoms with E-state index in [9.17, 15) is 4.79 Å². The van der Waals surface area contributed by atoms with E-state index in [4.69, 9.17) is 5.73 Å². The topological polar surface area (TPSA) is 58.4 Å². The number of carbonyl (C=O) groups is 1. The molecule has 1 aliphatic heterocycles. The smallest absolute Gasteiger partial charge is 0.226 e. The van der Waals surface area contributed by atoms with Crippen molar-refractivity contribution < 1.29 is 4.79 Å². The Morgan fingerprint density at radius 3 is 2.91 bits per heavy atom. The molecule has 0 spiro atoms. The summed E-state index contributed by atoms with van der Waals surface area (Å²) in [7, 11) is 0. The van der Waals surface area contributed by atoms with Gasteiger partial charge >= 0.3 is 0 Å². The van der Waals surface area contributed by atoms with Crippen LogP contribution in [0.1, 0.15) is 17.5 Å². The summed E-state index contributed by atoms with van der Waals surface area (Å²) < 4.78 is 0. The predicted octanol–water partition coefficient (Wildman–Crippen LogP) is 2.54. The Morgan fingerprint density at radius 1 is 1.18 bits per heavy atom. The van der Waals surface area contributed by atoms with Crippen LogP contribution in [0, 0.1) is 0 Å². The lowest BCUT2D eigenvalue weighted by atomic mass is 10.2. The highest BCUT2D eigenvalue weighted by atomic mass is 16.1. The van der Waals surface area contributed by atoms with Crippen LogP contribution in [0.25, 0.3) is 0 Å². The van der Waals surface area contributed by atoms with E-state index < -0.39 is 0 Å². The molecule has 0 radical (unpaired) electrons. The van der Waals surface area contributed by atoms with Gasteiger partial charge in [0.1, 0.15) is 0 Å². The molecule has 0 aromatic heterocycles. The van der Waals surface area contributed by atoms with Gasteiger partial charge in [-0.15, -0.1) is 0 Å². The van der Waals surface area contributed by atoms with Crippen molar-refractivity contribution in [3.63, 3.8) is 0 Å². The van der Waals surface area contributed by atoms with Crippen LogP contribution in [-0.4, -0.2) is 19.0 Å². The number of carbonyl (C=O) groups excluding carboxylic acids is 1. The fourth-order valence-corrected chi connectivity index (χ4v) is 2.87. The number of hydrogen-bond acceptors (Lipinski definition) is 3. The first-order chi connectivity index (χ1) is 10.8. The first kappa shape index (κ1) is 14.6. The number of amides is 1. The number of para-hydroxylation sites is 1. The van der Waals surface area contributed by atoms with E-state index in [1.165, 1.54) is 11.3 Å². The van der Waals surface area contributed by atoms with Gasteiger partial charge in [-0.2, -0.15) is 0 Å². The molecule has 1 amide bonds. The minimum Gasteiger partial charge on any atom is -0.370 e. The van der Waals surface area contributed by atoms with Gasteiger partial charge in [0.15, 0.2) is 0 Å². The Balaban J connectivity index is 1.55. The Kier molecular flexibility index (Phi) is 4.39. The highest BCUT2D eigenvalue weighted by Crippen LogP contribution is 2.27. The van der Waals surface area contributed by atoms with Crippen molar-refractivity contribution >= 4 is 17.3 Å². The predicted molar refractivity (Wildman–Crippen MR) is 89.9 cm³/mol. The summed E-state index contributed by atoms with van der Waals surface area (Å²) in [5, 5.41) is 2.94. The van der Waals surface area contributed by atoms with Gasteiger partial charge in [0.25, 0.3) is 0 Å². The van der Waals surface area contributed by atoms with Crippen LogP contribution < -0.4 is 16.0 Å².